The summed E-state index contributed by atoms with van der Waals surface area (Å²) in [5.74, 6) is 0.101. The summed E-state index contributed by atoms with van der Waals surface area (Å²) in [6.45, 7) is 0. The van der Waals surface area contributed by atoms with Crippen molar-refractivity contribution in [1.29, 1.82) is 0 Å². The number of hydrogen-bond donors (Lipinski definition) is 0. The van der Waals surface area contributed by atoms with E-state index in [0.29, 0.717) is 6.42 Å². The number of benzene rings is 1. The number of ketones is 1. The van der Waals surface area contributed by atoms with Crippen molar-refractivity contribution < 1.29 is 4.79 Å². The number of azide groups is 1. The minimum Gasteiger partial charge on any atom is -0.299 e. The zero-order chi connectivity index (χ0) is 12.5. The summed E-state index contributed by atoms with van der Waals surface area (Å²) >= 11 is 5.54. The molecule has 2 rings (SSSR count). The maximum absolute atomic E-state index is 10.9. The van der Waals surface area contributed by atoms with Crippen molar-refractivity contribution in [2.45, 2.75) is 31.7 Å². The van der Waals surface area contributed by atoms with E-state index in [4.69, 9.17) is 17.1 Å². The summed E-state index contributed by atoms with van der Waals surface area (Å²) in [5, 5.41) is 4.19. The van der Waals surface area contributed by atoms with Gasteiger partial charge in [0.25, 0.3) is 0 Å². The molecule has 0 aliphatic heterocycles. The molecule has 90 valence electrons. The van der Waals surface area contributed by atoms with Gasteiger partial charge in [-0.05, 0) is 30.5 Å². The van der Waals surface area contributed by atoms with Crippen LogP contribution in [0.25, 0.3) is 10.4 Å². The van der Waals surface area contributed by atoms with Crippen LogP contribution in [0.3, 0.4) is 0 Å². The van der Waals surface area contributed by atoms with Gasteiger partial charge in [-0.2, -0.15) is 0 Å². The molecule has 1 fully saturated rings. The molecule has 1 saturated carbocycles. The fraction of sp³-hybridized carbons (Fsp3) is 0.417. The van der Waals surface area contributed by atoms with Crippen LogP contribution in [-0.2, 0) is 4.79 Å². The number of hydrogen-bond acceptors (Lipinski definition) is 2. The van der Waals surface area contributed by atoms with E-state index in [0.717, 1.165) is 24.3 Å². The average molecular weight is 252 g/mol. The molecule has 5 heteroatoms. The summed E-state index contributed by atoms with van der Waals surface area (Å²) in [6.07, 6.45) is 3.29. The van der Waals surface area contributed by atoms with Crippen LogP contribution in [0.4, 0.5) is 0 Å². The van der Waals surface area contributed by atoms with Gasteiger partial charge in [-0.15, -0.1) is 0 Å². The molecular weight excluding hydrogens is 238 g/mol. The van der Waals surface area contributed by atoms with Gasteiger partial charge in [-0.25, -0.2) is 0 Å². The Hall–Kier alpha value is -1.51. The zero-order valence-corrected chi connectivity index (χ0v) is 10.2. The molecule has 1 atom stereocenters. The van der Waals surface area contributed by atoms with Crippen LogP contribution in [0.2, 0.25) is 5.02 Å². The van der Waals surface area contributed by atoms with Gasteiger partial charge in [0.2, 0.25) is 0 Å². The number of halogens is 1. The molecule has 1 aliphatic rings. The van der Waals surface area contributed by atoms with Crippen molar-refractivity contribution in [2.75, 3.05) is 0 Å². The Morgan fingerprint density at radius 1 is 1.29 bits per heavy atom. The quantitative estimate of drug-likeness (QED) is 0.420. The van der Waals surface area contributed by atoms with Gasteiger partial charge in [0.05, 0.1) is 6.04 Å². The lowest BCUT2D eigenvalue weighted by atomic mass is 9.95. The Bertz CT molecular complexity index is 401. The minimum absolute atomic E-state index is 0.101. The third-order valence-corrected chi connectivity index (χ3v) is 2.70. The summed E-state index contributed by atoms with van der Waals surface area (Å²) < 4.78 is 0. The van der Waals surface area contributed by atoms with E-state index in [-0.39, 0.29) is 11.8 Å². The van der Waals surface area contributed by atoms with Crippen LogP contribution < -0.4 is 0 Å². The maximum atomic E-state index is 10.9. The highest BCUT2D eigenvalue weighted by molar-refractivity contribution is 6.30. The predicted octanol–water partition coefficient (Wildman–Crippen LogP) is 4.15. The van der Waals surface area contributed by atoms with Crippen LogP contribution in [-0.4, -0.2) is 11.8 Å². The van der Waals surface area contributed by atoms with Crippen molar-refractivity contribution in [2.24, 2.45) is 5.11 Å². The van der Waals surface area contributed by atoms with Crippen LogP contribution in [0.5, 0.6) is 0 Å². The maximum Gasteiger partial charge on any atom is 0.141 e. The first-order valence-electron chi connectivity index (χ1n) is 5.51. The Labute approximate surface area is 105 Å². The van der Waals surface area contributed by atoms with Crippen molar-refractivity contribution in [3.8, 4) is 0 Å². The second kappa shape index (κ2) is 7.71. The SMILES string of the molecule is Clc1ccccc1.[N-]=[N+]=NC1CCCCC1=O. The van der Waals surface area contributed by atoms with Crippen LogP contribution in [0, 0.1) is 0 Å². The normalized spacial score (nSPS) is 18.6. The van der Waals surface area contributed by atoms with Gasteiger partial charge >= 0.3 is 0 Å². The highest BCUT2D eigenvalue weighted by atomic mass is 35.5. The van der Waals surface area contributed by atoms with Crippen molar-refractivity contribution in [1.82, 2.24) is 0 Å². The first-order valence-corrected chi connectivity index (χ1v) is 5.89. The molecule has 0 amide bonds. The van der Waals surface area contributed by atoms with Gasteiger partial charge in [0.15, 0.2) is 0 Å². The third kappa shape index (κ3) is 5.38. The summed E-state index contributed by atoms with van der Waals surface area (Å²) in [5.41, 5.74) is 8.04. The third-order valence-electron chi connectivity index (χ3n) is 2.45. The lowest BCUT2D eigenvalue weighted by molar-refractivity contribution is -0.121. The Morgan fingerprint density at radius 2 is 2.00 bits per heavy atom. The van der Waals surface area contributed by atoms with Gasteiger partial charge in [-0.1, -0.05) is 41.3 Å². The topological polar surface area (TPSA) is 65.8 Å². The molecule has 4 nitrogen and oxygen atoms in total. The molecule has 1 aromatic rings. The Balaban J connectivity index is 0.000000181. The highest BCUT2D eigenvalue weighted by Gasteiger charge is 2.19. The van der Waals surface area contributed by atoms with E-state index in [2.05, 4.69) is 10.0 Å². The van der Waals surface area contributed by atoms with Gasteiger partial charge in [-0.3, -0.25) is 4.79 Å². The standard InChI is InChI=1S/C6H5Cl.C6H9N3O/c7-6-4-2-1-3-5-6;7-9-8-5-3-1-2-4-6(5)10/h1-5H;5H,1-4H2. The molecule has 0 radical (unpaired) electrons. The zero-order valence-electron chi connectivity index (χ0n) is 9.42. The number of carbonyl (C=O) groups is 1. The van der Waals surface area contributed by atoms with E-state index in [1.807, 2.05) is 30.3 Å². The molecule has 0 bridgehead atoms. The molecule has 1 aromatic carbocycles. The fourth-order valence-electron chi connectivity index (χ4n) is 1.56. The largest absolute Gasteiger partial charge is 0.299 e. The summed E-state index contributed by atoms with van der Waals surface area (Å²) in [4.78, 5) is 13.5. The van der Waals surface area contributed by atoms with Crippen molar-refractivity contribution in [3.63, 3.8) is 0 Å². The number of Topliss-reactive ketones (excluding diaryl/α,β-unsaturated/α-hetero) is 1. The van der Waals surface area contributed by atoms with E-state index in [1.165, 1.54) is 0 Å². The van der Waals surface area contributed by atoms with Gasteiger partial charge in [0, 0.05) is 16.4 Å². The number of carbonyl (C=O) groups excluding carboxylic acids is 1. The van der Waals surface area contributed by atoms with Gasteiger partial charge in [0.1, 0.15) is 5.78 Å². The van der Waals surface area contributed by atoms with E-state index < -0.39 is 0 Å². The monoisotopic (exact) mass is 251 g/mol. The van der Waals surface area contributed by atoms with E-state index in [1.54, 1.807) is 0 Å². The Morgan fingerprint density at radius 3 is 2.47 bits per heavy atom. The average Bonchev–Trinajstić information content (AvgIpc) is 2.34. The molecule has 0 heterocycles. The minimum atomic E-state index is -0.362. The molecule has 17 heavy (non-hydrogen) atoms. The second-order valence-corrected chi connectivity index (χ2v) is 4.16. The lowest BCUT2D eigenvalue weighted by Gasteiger charge is -2.14. The molecule has 1 unspecified atom stereocenters. The fourth-order valence-corrected chi connectivity index (χ4v) is 1.71. The number of rotatable bonds is 1. The predicted molar refractivity (Wildman–Crippen MR) is 67.9 cm³/mol. The highest BCUT2D eigenvalue weighted by Crippen LogP contribution is 2.16. The first kappa shape index (κ1) is 13.6. The molecule has 0 saturated heterocycles. The smallest absolute Gasteiger partial charge is 0.141 e. The molecular formula is C12H14ClN3O. The van der Waals surface area contributed by atoms with Crippen LogP contribution in [0.1, 0.15) is 25.7 Å². The van der Waals surface area contributed by atoms with Crippen molar-refractivity contribution in [3.05, 3.63) is 45.8 Å². The molecule has 0 aromatic heterocycles. The summed E-state index contributed by atoms with van der Waals surface area (Å²) in [7, 11) is 0. The molecule has 0 spiro atoms. The molecule has 1 aliphatic carbocycles. The van der Waals surface area contributed by atoms with E-state index >= 15 is 0 Å². The van der Waals surface area contributed by atoms with E-state index in [9.17, 15) is 4.79 Å². The van der Waals surface area contributed by atoms with Gasteiger partial charge < -0.3 is 0 Å². The Kier molecular flexibility index (Phi) is 6.15. The summed E-state index contributed by atoms with van der Waals surface area (Å²) in [6, 6.07) is 9.08. The van der Waals surface area contributed by atoms with Crippen LogP contribution >= 0.6 is 11.6 Å². The first-order chi connectivity index (χ1) is 8.24. The van der Waals surface area contributed by atoms with Crippen LogP contribution in [0.15, 0.2) is 35.4 Å². The lowest BCUT2D eigenvalue weighted by Crippen LogP contribution is -2.21. The second-order valence-electron chi connectivity index (χ2n) is 3.73. The molecule has 0 N–H and O–H groups in total. The number of nitrogens with zero attached hydrogens (tertiary/aromatic N) is 3. The van der Waals surface area contributed by atoms with Crippen molar-refractivity contribution >= 4 is 17.4 Å².